The first-order chi connectivity index (χ1) is 9.54. The van der Waals surface area contributed by atoms with Crippen LogP contribution in [0.5, 0.6) is 0 Å². The van der Waals surface area contributed by atoms with Crippen molar-refractivity contribution in [3.8, 4) is 0 Å². The van der Waals surface area contributed by atoms with Gasteiger partial charge in [-0.25, -0.2) is 0 Å². The molecule has 0 aliphatic carbocycles. The van der Waals surface area contributed by atoms with Gasteiger partial charge in [0, 0.05) is 29.1 Å². The van der Waals surface area contributed by atoms with E-state index in [1.807, 2.05) is 6.07 Å². The Kier molecular flexibility index (Phi) is 3.76. The summed E-state index contributed by atoms with van der Waals surface area (Å²) in [7, 11) is 2.13. The molecule has 0 spiro atoms. The smallest absolute Gasteiger partial charge is 0.0468 e. The molecule has 2 aromatic rings. The van der Waals surface area contributed by atoms with E-state index in [1.54, 1.807) is 0 Å². The van der Waals surface area contributed by atoms with Gasteiger partial charge in [-0.05, 0) is 42.8 Å². The fraction of sp³-hybridized carbons (Fsp3) is 0.294. The predicted molar refractivity (Wildman–Crippen MR) is 85.8 cm³/mol. The number of hydrogen-bond acceptors (Lipinski definition) is 1. The van der Waals surface area contributed by atoms with Crippen LogP contribution in [-0.4, -0.2) is 18.5 Å². The van der Waals surface area contributed by atoms with E-state index in [9.17, 15) is 0 Å². The van der Waals surface area contributed by atoms with Gasteiger partial charge in [0.15, 0.2) is 0 Å². The van der Waals surface area contributed by atoms with Crippen LogP contribution in [0.25, 0.3) is 0 Å². The zero-order valence-corrected chi connectivity index (χ0v) is 13.2. The zero-order chi connectivity index (χ0) is 14.3. The Labute approximate surface area is 130 Å². The Bertz CT molecular complexity index is 634. The van der Waals surface area contributed by atoms with Crippen molar-refractivity contribution in [1.29, 1.82) is 0 Å². The molecule has 0 bridgehead atoms. The van der Waals surface area contributed by atoms with Crippen LogP contribution in [0.1, 0.15) is 28.2 Å². The van der Waals surface area contributed by atoms with Gasteiger partial charge in [-0.15, -0.1) is 0 Å². The lowest BCUT2D eigenvalue weighted by Crippen LogP contribution is -2.31. The second-order valence-electron chi connectivity index (χ2n) is 5.62. The lowest BCUT2D eigenvalue weighted by atomic mass is 9.84. The van der Waals surface area contributed by atoms with Gasteiger partial charge in [0.05, 0.1) is 0 Å². The maximum Gasteiger partial charge on any atom is 0.0468 e. The van der Waals surface area contributed by atoms with Crippen LogP contribution in [0.15, 0.2) is 36.4 Å². The number of halogens is 2. The SMILES string of the molecule is Cc1ccc(C2CN(C)Cc3c(Cl)cc(Cl)cc32)cc1. The molecule has 104 valence electrons. The van der Waals surface area contributed by atoms with E-state index in [-0.39, 0.29) is 0 Å². The van der Waals surface area contributed by atoms with Crippen molar-refractivity contribution in [3.05, 3.63) is 68.7 Å². The Hall–Kier alpha value is -1.02. The molecule has 3 rings (SSSR count). The van der Waals surface area contributed by atoms with E-state index >= 15 is 0 Å². The number of benzene rings is 2. The Balaban J connectivity index is 2.12. The lowest BCUT2D eigenvalue weighted by Gasteiger charge is -2.33. The molecule has 20 heavy (non-hydrogen) atoms. The van der Waals surface area contributed by atoms with Gasteiger partial charge in [0.1, 0.15) is 0 Å². The molecule has 0 saturated heterocycles. The Morgan fingerprint density at radius 1 is 1.10 bits per heavy atom. The van der Waals surface area contributed by atoms with Crippen molar-refractivity contribution in [1.82, 2.24) is 4.90 Å². The van der Waals surface area contributed by atoms with Gasteiger partial charge in [-0.3, -0.25) is 0 Å². The van der Waals surface area contributed by atoms with Crippen molar-refractivity contribution < 1.29 is 0 Å². The first-order valence-electron chi connectivity index (χ1n) is 6.77. The molecule has 1 nitrogen and oxygen atoms in total. The van der Waals surface area contributed by atoms with Gasteiger partial charge in [0.2, 0.25) is 0 Å². The van der Waals surface area contributed by atoms with Crippen molar-refractivity contribution in [2.75, 3.05) is 13.6 Å². The zero-order valence-electron chi connectivity index (χ0n) is 11.7. The average Bonchev–Trinajstić information content (AvgIpc) is 2.40. The van der Waals surface area contributed by atoms with Crippen LogP contribution in [0.4, 0.5) is 0 Å². The summed E-state index contributed by atoms with van der Waals surface area (Å²) in [5.41, 5.74) is 5.07. The second kappa shape index (κ2) is 5.40. The minimum Gasteiger partial charge on any atom is -0.301 e. The maximum atomic E-state index is 6.38. The van der Waals surface area contributed by atoms with E-state index in [0.717, 1.165) is 23.1 Å². The maximum absolute atomic E-state index is 6.38. The third kappa shape index (κ3) is 2.58. The van der Waals surface area contributed by atoms with Crippen LogP contribution < -0.4 is 0 Å². The number of rotatable bonds is 1. The molecule has 0 saturated carbocycles. The predicted octanol–water partition coefficient (Wildman–Crippen LogP) is 4.88. The van der Waals surface area contributed by atoms with Crippen molar-refractivity contribution in [2.45, 2.75) is 19.4 Å². The van der Waals surface area contributed by atoms with Gasteiger partial charge in [0.25, 0.3) is 0 Å². The molecule has 0 fully saturated rings. The molecule has 1 unspecified atom stereocenters. The fourth-order valence-corrected chi connectivity index (χ4v) is 3.50. The first-order valence-corrected chi connectivity index (χ1v) is 7.53. The summed E-state index contributed by atoms with van der Waals surface area (Å²) < 4.78 is 0. The van der Waals surface area contributed by atoms with Crippen molar-refractivity contribution >= 4 is 23.2 Å². The van der Waals surface area contributed by atoms with E-state index in [0.29, 0.717) is 5.92 Å². The van der Waals surface area contributed by atoms with Crippen molar-refractivity contribution in [3.63, 3.8) is 0 Å². The van der Waals surface area contributed by atoms with Crippen LogP contribution in [0.2, 0.25) is 10.0 Å². The normalized spacial score (nSPS) is 18.9. The molecule has 2 aromatic carbocycles. The number of likely N-dealkylation sites (N-methyl/N-ethyl adjacent to an activating group) is 1. The molecule has 1 heterocycles. The van der Waals surface area contributed by atoms with Crippen LogP contribution in [-0.2, 0) is 6.54 Å². The summed E-state index contributed by atoms with van der Waals surface area (Å²) in [5, 5.41) is 1.49. The van der Waals surface area contributed by atoms with Gasteiger partial charge < -0.3 is 4.90 Å². The molecule has 3 heteroatoms. The monoisotopic (exact) mass is 305 g/mol. The molecule has 1 aliphatic rings. The summed E-state index contributed by atoms with van der Waals surface area (Å²) in [4.78, 5) is 2.31. The topological polar surface area (TPSA) is 3.24 Å². The molecular weight excluding hydrogens is 289 g/mol. The highest BCUT2D eigenvalue weighted by Gasteiger charge is 2.26. The Morgan fingerprint density at radius 3 is 2.50 bits per heavy atom. The highest BCUT2D eigenvalue weighted by molar-refractivity contribution is 6.35. The second-order valence-corrected chi connectivity index (χ2v) is 6.46. The largest absolute Gasteiger partial charge is 0.301 e. The average molecular weight is 306 g/mol. The molecule has 0 N–H and O–H groups in total. The van der Waals surface area contributed by atoms with Crippen LogP contribution in [0, 0.1) is 6.92 Å². The summed E-state index contributed by atoms with van der Waals surface area (Å²) in [5.74, 6) is 0.334. The van der Waals surface area contributed by atoms with Crippen molar-refractivity contribution in [2.24, 2.45) is 0 Å². The molecular formula is C17H17Cl2N. The highest BCUT2D eigenvalue weighted by atomic mass is 35.5. The van der Waals surface area contributed by atoms with Gasteiger partial charge in [-0.1, -0.05) is 53.0 Å². The van der Waals surface area contributed by atoms with Crippen LogP contribution >= 0.6 is 23.2 Å². The standard InChI is InChI=1S/C17H17Cl2N/c1-11-3-5-12(6-4-11)15-9-20(2)10-16-14(15)7-13(18)8-17(16)19/h3-8,15H,9-10H2,1-2H3. The Morgan fingerprint density at radius 2 is 1.80 bits per heavy atom. The van der Waals surface area contributed by atoms with E-state index in [4.69, 9.17) is 23.2 Å². The number of aryl methyl sites for hydroxylation is 1. The van der Waals surface area contributed by atoms with Crippen LogP contribution in [0.3, 0.4) is 0 Å². The summed E-state index contributed by atoms with van der Waals surface area (Å²) in [6.07, 6.45) is 0. The lowest BCUT2D eigenvalue weighted by molar-refractivity contribution is 0.295. The summed E-state index contributed by atoms with van der Waals surface area (Å²) in [6.45, 7) is 3.99. The third-order valence-corrected chi connectivity index (χ3v) is 4.53. The highest BCUT2D eigenvalue weighted by Crippen LogP contribution is 2.38. The molecule has 1 aliphatic heterocycles. The molecule has 0 radical (unpaired) electrons. The number of hydrogen-bond donors (Lipinski definition) is 0. The summed E-state index contributed by atoms with van der Waals surface area (Å²) >= 11 is 12.6. The number of nitrogens with zero attached hydrogens (tertiary/aromatic N) is 1. The molecule has 1 atom stereocenters. The quantitative estimate of drug-likeness (QED) is 0.726. The van der Waals surface area contributed by atoms with Gasteiger partial charge >= 0.3 is 0 Å². The van der Waals surface area contributed by atoms with Gasteiger partial charge in [-0.2, -0.15) is 0 Å². The molecule has 0 aromatic heterocycles. The first kappa shape index (κ1) is 13.9. The molecule has 0 amide bonds. The fourth-order valence-electron chi connectivity index (χ4n) is 2.93. The van der Waals surface area contributed by atoms with E-state index in [1.165, 1.54) is 22.3 Å². The third-order valence-electron chi connectivity index (χ3n) is 3.97. The minimum atomic E-state index is 0.334. The summed E-state index contributed by atoms with van der Waals surface area (Å²) in [6, 6.07) is 12.6. The minimum absolute atomic E-state index is 0.334. The number of fused-ring (bicyclic) bond motifs is 1. The van der Waals surface area contributed by atoms with E-state index in [2.05, 4.69) is 49.2 Å². The van der Waals surface area contributed by atoms with E-state index < -0.39 is 0 Å².